The minimum Gasteiger partial charge on any atom is -0.469 e. The van der Waals surface area contributed by atoms with Gasteiger partial charge in [-0.15, -0.1) is 0 Å². The molecule has 1 heterocycles. The van der Waals surface area contributed by atoms with E-state index in [-0.39, 0.29) is 10.6 Å². The third kappa shape index (κ3) is 3.04. The summed E-state index contributed by atoms with van der Waals surface area (Å²) in [6, 6.07) is 8.84. The molecule has 0 bridgehead atoms. The predicted octanol–water partition coefficient (Wildman–Crippen LogP) is 2.88. The number of para-hydroxylation sites is 1. The summed E-state index contributed by atoms with van der Waals surface area (Å²) in [5.41, 5.74) is 1.06. The largest absolute Gasteiger partial charge is 0.469 e. The summed E-state index contributed by atoms with van der Waals surface area (Å²) in [6.07, 6.45) is 2.29. The number of nitro benzene ring substituents is 1. The monoisotopic (exact) mass is 261 g/mol. The lowest BCUT2D eigenvalue weighted by Gasteiger charge is -2.09. The maximum Gasteiger partial charge on any atom is 0.315 e. The highest BCUT2D eigenvalue weighted by Gasteiger charge is 2.18. The highest BCUT2D eigenvalue weighted by Crippen LogP contribution is 2.32. The Morgan fingerprint density at radius 1 is 1.26 bits per heavy atom. The Hall–Kier alpha value is -2.50. The summed E-state index contributed by atoms with van der Waals surface area (Å²) >= 11 is 0. The average molecular weight is 261 g/mol. The molecule has 0 aliphatic carbocycles. The predicted molar refractivity (Wildman–Crippen MR) is 73.5 cm³/mol. The number of nitro groups is 1. The van der Waals surface area contributed by atoms with E-state index in [9.17, 15) is 10.1 Å². The number of furan rings is 1. The minimum atomic E-state index is -0.388. The first kappa shape index (κ1) is 12.9. The fourth-order valence-electron chi connectivity index (χ4n) is 1.86. The highest BCUT2D eigenvalue weighted by molar-refractivity contribution is 5.75. The van der Waals surface area contributed by atoms with Gasteiger partial charge in [-0.2, -0.15) is 0 Å². The van der Waals surface area contributed by atoms with Crippen LogP contribution in [-0.2, 0) is 6.42 Å². The quantitative estimate of drug-likeness (QED) is 0.617. The molecule has 1 aromatic carbocycles. The van der Waals surface area contributed by atoms with Gasteiger partial charge in [0.05, 0.1) is 11.2 Å². The fourth-order valence-corrected chi connectivity index (χ4v) is 1.86. The van der Waals surface area contributed by atoms with Gasteiger partial charge in [-0.1, -0.05) is 6.07 Å². The lowest BCUT2D eigenvalue weighted by atomic mass is 10.2. The molecule has 0 aliphatic rings. The van der Waals surface area contributed by atoms with Crippen molar-refractivity contribution in [3.8, 4) is 0 Å². The van der Waals surface area contributed by atoms with Crippen LogP contribution in [0.1, 0.15) is 5.76 Å². The Balaban J connectivity index is 2.09. The number of nitrogens with zero attached hydrogens (tertiary/aromatic N) is 1. The standard InChI is InChI=1S/C13H15N3O3/c1-14-11-5-2-6-12(13(11)16(17)18)15-8-7-10-4-3-9-19-10/h2-6,9,14-15H,7-8H2,1H3. The number of anilines is 2. The molecule has 6 heteroatoms. The van der Waals surface area contributed by atoms with Crippen molar-refractivity contribution in [2.75, 3.05) is 24.2 Å². The summed E-state index contributed by atoms with van der Waals surface area (Å²) in [6.45, 7) is 0.571. The van der Waals surface area contributed by atoms with Gasteiger partial charge in [0.1, 0.15) is 17.1 Å². The molecule has 0 amide bonds. The van der Waals surface area contributed by atoms with E-state index in [1.165, 1.54) is 0 Å². The zero-order chi connectivity index (χ0) is 13.7. The van der Waals surface area contributed by atoms with Crippen LogP contribution in [-0.4, -0.2) is 18.5 Å². The Bertz CT molecular complexity index is 552. The van der Waals surface area contributed by atoms with Crippen LogP contribution >= 0.6 is 0 Å². The number of nitrogens with one attached hydrogen (secondary N) is 2. The molecule has 0 aliphatic heterocycles. The lowest BCUT2D eigenvalue weighted by molar-refractivity contribution is -0.383. The molecular weight excluding hydrogens is 246 g/mol. The molecule has 2 N–H and O–H groups in total. The second-order valence-electron chi connectivity index (χ2n) is 3.96. The van der Waals surface area contributed by atoms with Gasteiger partial charge in [-0.3, -0.25) is 10.1 Å². The molecule has 100 valence electrons. The Morgan fingerprint density at radius 2 is 2.05 bits per heavy atom. The molecule has 0 atom stereocenters. The Labute approximate surface area is 110 Å². The molecular formula is C13H15N3O3. The maximum absolute atomic E-state index is 11.1. The molecule has 6 nitrogen and oxygen atoms in total. The average Bonchev–Trinajstić information content (AvgIpc) is 2.91. The van der Waals surface area contributed by atoms with Crippen LogP contribution in [0.5, 0.6) is 0 Å². The molecule has 0 spiro atoms. The molecule has 0 saturated heterocycles. The summed E-state index contributed by atoms with van der Waals surface area (Å²) in [5, 5.41) is 17.0. The smallest absolute Gasteiger partial charge is 0.315 e. The normalized spacial score (nSPS) is 10.2. The van der Waals surface area contributed by atoms with Gasteiger partial charge in [0.15, 0.2) is 0 Å². The molecule has 0 fully saturated rings. The second kappa shape index (κ2) is 5.90. The number of rotatable bonds is 6. The van der Waals surface area contributed by atoms with Gasteiger partial charge in [0.25, 0.3) is 0 Å². The molecule has 0 saturated carbocycles. The van der Waals surface area contributed by atoms with Gasteiger partial charge < -0.3 is 15.1 Å². The van der Waals surface area contributed by atoms with Crippen molar-refractivity contribution >= 4 is 17.1 Å². The van der Waals surface area contributed by atoms with Crippen molar-refractivity contribution in [1.82, 2.24) is 0 Å². The molecule has 1 aromatic heterocycles. The molecule has 2 aromatic rings. The van der Waals surface area contributed by atoms with Crippen LogP contribution in [0.4, 0.5) is 17.1 Å². The Morgan fingerprint density at radius 3 is 2.68 bits per heavy atom. The zero-order valence-corrected chi connectivity index (χ0v) is 10.6. The molecule has 19 heavy (non-hydrogen) atoms. The van der Waals surface area contributed by atoms with Crippen molar-refractivity contribution < 1.29 is 9.34 Å². The van der Waals surface area contributed by atoms with E-state index in [0.29, 0.717) is 24.3 Å². The zero-order valence-electron chi connectivity index (χ0n) is 10.6. The van der Waals surface area contributed by atoms with Crippen molar-refractivity contribution in [3.63, 3.8) is 0 Å². The minimum absolute atomic E-state index is 0.0597. The molecule has 2 rings (SSSR count). The first-order chi connectivity index (χ1) is 9.22. The van der Waals surface area contributed by atoms with Crippen LogP contribution in [0.3, 0.4) is 0 Å². The van der Waals surface area contributed by atoms with E-state index < -0.39 is 0 Å². The number of hydrogen-bond acceptors (Lipinski definition) is 5. The third-order valence-electron chi connectivity index (χ3n) is 2.75. The highest BCUT2D eigenvalue weighted by atomic mass is 16.6. The first-order valence-corrected chi connectivity index (χ1v) is 5.94. The SMILES string of the molecule is CNc1cccc(NCCc2ccco2)c1[N+](=O)[O-]. The van der Waals surface area contributed by atoms with E-state index in [2.05, 4.69) is 10.6 Å². The van der Waals surface area contributed by atoms with Crippen molar-refractivity contribution in [2.45, 2.75) is 6.42 Å². The third-order valence-corrected chi connectivity index (χ3v) is 2.75. The maximum atomic E-state index is 11.1. The van der Waals surface area contributed by atoms with Gasteiger partial charge >= 0.3 is 5.69 Å². The van der Waals surface area contributed by atoms with Crippen LogP contribution < -0.4 is 10.6 Å². The lowest BCUT2D eigenvalue weighted by Crippen LogP contribution is -2.07. The van der Waals surface area contributed by atoms with Gasteiger partial charge in [0.2, 0.25) is 0 Å². The van der Waals surface area contributed by atoms with Crippen LogP contribution in [0.2, 0.25) is 0 Å². The van der Waals surface area contributed by atoms with Crippen molar-refractivity contribution in [1.29, 1.82) is 0 Å². The topological polar surface area (TPSA) is 80.3 Å². The van der Waals surface area contributed by atoms with Crippen LogP contribution in [0, 0.1) is 10.1 Å². The van der Waals surface area contributed by atoms with Gasteiger partial charge in [-0.25, -0.2) is 0 Å². The van der Waals surface area contributed by atoms with E-state index in [0.717, 1.165) is 5.76 Å². The van der Waals surface area contributed by atoms with Crippen LogP contribution in [0.15, 0.2) is 41.0 Å². The second-order valence-corrected chi connectivity index (χ2v) is 3.96. The van der Waals surface area contributed by atoms with E-state index in [1.807, 2.05) is 12.1 Å². The van der Waals surface area contributed by atoms with E-state index in [1.54, 1.807) is 31.5 Å². The number of hydrogen-bond donors (Lipinski definition) is 2. The van der Waals surface area contributed by atoms with Crippen molar-refractivity contribution in [3.05, 3.63) is 52.5 Å². The van der Waals surface area contributed by atoms with E-state index >= 15 is 0 Å². The van der Waals surface area contributed by atoms with Gasteiger partial charge in [-0.05, 0) is 24.3 Å². The summed E-state index contributed by atoms with van der Waals surface area (Å²) in [4.78, 5) is 10.7. The van der Waals surface area contributed by atoms with E-state index in [4.69, 9.17) is 4.42 Å². The summed E-state index contributed by atoms with van der Waals surface area (Å²) in [7, 11) is 1.66. The first-order valence-electron chi connectivity index (χ1n) is 5.94. The molecule has 0 unspecified atom stereocenters. The van der Waals surface area contributed by atoms with Crippen molar-refractivity contribution in [2.24, 2.45) is 0 Å². The van der Waals surface area contributed by atoms with Crippen LogP contribution in [0.25, 0.3) is 0 Å². The number of benzene rings is 1. The summed E-state index contributed by atoms with van der Waals surface area (Å²) < 4.78 is 5.21. The van der Waals surface area contributed by atoms with Gasteiger partial charge in [0, 0.05) is 20.0 Å². The molecule has 0 radical (unpaired) electrons. The Kier molecular flexibility index (Phi) is 4.02. The summed E-state index contributed by atoms with van der Waals surface area (Å²) in [5.74, 6) is 0.847. The fraction of sp³-hybridized carbons (Fsp3) is 0.231.